The van der Waals surface area contributed by atoms with Gasteiger partial charge in [0, 0.05) is 29.3 Å². The van der Waals surface area contributed by atoms with Crippen LogP contribution in [0.5, 0.6) is 0 Å². The molecule has 4 rings (SSSR count). The van der Waals surface area contributed by atoms with Gasteiger partial charge in [0.15, 0.2) is 5.16 Å². The van der Waals surface area contributed by atoms with Crippen molar-refractivity contribution in [3.05, 3.63) is 57.7 Å². The van der Waals surface area contributed by atoms with E-state index in [-0.39, 0.29) is 10.8 Å². The van der Waals surface area contributed by atoms with Crippen LogP contribution in [0.3, 0.4) is 0 Å². The maximum Gasteiger partial charge on any atom is 0.263 e. The molecular formula is C18H16N4O2S3. The highest BCUT2D eigenvalue weighted by atomic mass is 32.2. The van der Waals surface area contributed by atoms with E-state index in [0.29, 0.717) is 28.9 Å². The molecule has 0 N–H and O–H groups in total. The number of aromatic nitrogens is 4. The lowest BCUT2D eigenvalue weighted by molar-refractivity contribution is 0.469. The maximum atomic E-state index is 13.3. The summed E-state index contributed by atoms with van der Waals surface area (Å²) in [6, 6.07) is 4.00. The van der Waals surface area contributed by atoms with Gasteiger partial charge in [0.05, 0.1) is 10.6 Å². The van der Waals surface area contributed by atoms with Crippen LogP contribution in [0, 0.1) is 6.92 Å². The van der Waals surface area contributed by atoms with Crippen molar-refractivity contribution in [2.45, 2.75) is 30.8 Å². The van der Waals surface area contributed by atoms with Crippen LogP contribution in [0.25, 0.3) is 20.7 Å². The molecule has 0 aliphatic carbocycles. The first-order valence-corrected chi connectivity index (χ1v) is 10.9. The molecule has 0 fully saturated rings. The van der Waals surface area contributed by atoms with Crippen LogP contribution in [0.2, 0.25) is 0 Å². The van der Waals surface area contributed by atoms with Crippen molar-refractivity contribution in [3.63, 3.8) is 0 Å². The molecule has 138 valence electrons. The van der Waals surface area contributed by atoms with E-state index >= 15 is 0 Å². The molecule has 1 unspecified atom stereocenters. The average molecular weight is 417 g/mol. The molecular weight excluding hydrogens is 400 g/mol. The minimum absolute atomic E-state index is 0.0547. The van der Waals surface area contributed by atoms with Gasteiger partial charge < -0.3 is 4.42 Å². The van der Waals surface area contributed by atoms with Gasteiger partial charge in [-0.3, -0.25) is 9.36 Å². The zero-order valence-electron chi connectivity index (χ0n) is 14.7. The zero-order valence-corrected chi connectivity index (χ0v) is 17.2. The van der Waals surface area contributed by atoms with Crippen molar-refractivity contribution in [1.29, 1.82) is 0 Å². The third kappa shape index (κ3) is 3.38. The van der Waals surface area contributed by atoms with Gasteiger partial charge in [-0.05, 0) is 18.4 Å². The molecule has 0 bridgehead atoms. The number of thiophene rings is 2. The van der Waals surface area contributed by atoms with Crippen molar-refractivity contribution in [2.24, 2.45) is 0 Å². The predicted octanol–water partition coefficient (Wildman–Crippen LogP) is 4.92. The molecule has 9 heteroatoms. The fraction of sp³-hybridized carbons (Fsp3) is 0.222. The largest absolute Gasteiger partial charge is 0.424 e. The molecule has 0 saturated carbocycles. The summed E-state index contributed by atoms with van der Waals surface area (Å²) in [6.45, 7) is 7.88. The highest BCUT2D eigenvalue weighted by Gasteiger charge is 2.21. The molecule has 4 heterocycles. The van der Waals surface area contributed by atoms with Crippen LogP contribution in [0.15, 0.2) is 49.9 Å². The summed E-state index contributed by atoms with van der Waals surface area (Å²) in [5.74, 6) is 1.03. The lowest BCUT2D eigenvalue weighted by Crippen LogP contribution is -2.22. The number of rotatable bonds is 6. The Morgan fingerprint density at radius 1 is 1.41 bits per heavy atom. The Morgan fingerprint density at radius 3 is 2.93 bits per heavy atom. The van der Waals surface area contributed by atoms with E-state index in [1.54, 1.807) is 28.9 Å². The summed E-state index contributed by atoms with van der Waals surface area (Å²) < 4.78 is 7.17. The number of thioether (sulfide) groups is 1. The molecule has 4 aromatic heterocycles. The van der Waals surface area contributed by atoms with Crippen molar-refractivity contribution in [1.82, 2.24) is 19.7 Å². The highest BCUT2D eigenvalue weighted by molar-refractivity contribution is 7.99. The van der Waals surface area contributed by atoms with Gasteiger partial charge in [-0.2, -0.15) is 0 Å². The summed E-state index contributed by atoms with van der Waals surface area (Å²) in [6.07, 6.45) is 1.71. The van der Waals surface area contributed by atoms with Gasteiger partial charge in [-0.1, -0.05) is 23.9 Å². The van der Waals surface area contributed by atoms with Crippen LogP contribution >= 0.6 is 34.4 Å². The van der Waals surface area contributed by atoms with Crippen LogP contribution in [0.4, 0.5) is 0 Å². The van der Waals surface area contributed by atoms with Gasteiger partial charge in [-0.25, -0.2) is 4.98 Å². The van der Waals surface area contributed by atoms with Crippen LogP contribution < -0.4 is 5.56 Å². The lowest BCUT2D eigenvalue weighted by atomic mass is 10.2. The summed E-state index contributed by atoms with van der Waals surface area (Å²) in [5, 5.41) is 13.1. The Hall–Kier alpha value is -2.23. The molecule has 1 atom stereocenters. The number of nitrogens with zero attached hydrogens (tertiary/aromatic N) is 4. The van der Waals surface area contributed by atoms with E-state index in [1.807, 2.05) is 29.8 Å². The summed E-state index contributed by atoms with van der Waals surface area (Å²) in [7, 11) is 0. The Kier molecular flexibility index (Phi) is 4.98. The second-order valence-corrected chi connectivity index (χ2v) is 8.94. The second kappa shape index (κ2) is 7.41. The normalized spacial score (nSPS) is 12.5. The van der Waals surface area contributed by atoms with E-state index < -0.39 is 0 Å². The van der Waals surface area contributed by atoms with E-state index in [2.05, 4.69) is 16.8 Å². The van der Waals surface area contributed by atoms with Gasteiger partial charge in [-0.15, -0.1) is 39.4 Å². The fourth-order valence-corrected chi connectivity index (χ4v) is 5.43. The Labute approximate surface area is 167 Å². The van der Waals surface area contributed by atoms with Crippen molar-refractivity contribution in [2.75, 3.05) is 0 Å². The average Bonchev–Trinajstić information content (AvgIpc) is 3.38. The first kappa shape index (κ1) is 18.1. The molecule has 0 spiro atoms. The number of aryl methyl sites for hydroxylation is 1. The summed E-state index contributed by atoms with van der Waals surface area (Å²) >= 11 is 4.53. The summed E-state index contributed by atoms with van der Waals surface area (Å²) in [4.78, 5) is 19.8. The highest BCUT2D eigenvalue weighted by Crippen LogP contribution is 2.37. The molecule has 0 saturated heterocycles. The Bertz CT molecular complexity index is 1160. The SMILES string of the molecule is C=CCn1c(SC(C)c2nnc(C)o2)nc2scc(-c3cccs3)c2c1=O. The van der Waals surface area contributed by atoms with Crippen molar-refractivity contribution < 1.29 is 4.42 Å². The number of fused-ring (bicyclic) bond motifs is 1. The standard InChI is InChI=1S/C18H16N4O2S3/c1-4-7-22-17(23)14-12(13-6-5-8-25-13)9-26-16(14)19-18(22)27-10(2)15-21-20-11(3)24-15/h4-6,8-10H,1,7H2,2-3H3. The summed E-state index contributed by atoms with van der Waals surface area (Å²) in [5.41, 5.74) is 0.887. The van der Waals surface area contributed by atoms with Crippen LogP contribution in [0.1, 0.15) is 24.0 Å². The first-order chi connectivity index (χ1) is 13.1. The third-order valence-electron chi connectivity index (χ3n) is 3.93. The van der Waals surface area contributed by atoms with Gasteiger partial charge in [0.1, 0.15) is 4.83 Å². The second-order valence-electron chi connectivity index (χ2n) is 5.83. The van der Waals surface area contributed by atoms with Crippen molar-refractivity contribution in [3.8, 4) is 10.4 Å². The molecule has 4 aromatic rings. The minimum atomic E-state index is -0.122. The van der Waals surface area contributed by atoms with E-state index in [1.165, 1.54) is 23.1 Å². The number of hydrogen-bond donors (Lipinski definition) is 0. The predicted molar refractivity (Wildman–Crippen MR) is 111 cm³/mol. The number of hydrogen-bond acceptors (Lipinski definition) is 8. The van der Waals surface area contributed by atoms with Gasteiger partial charge in [0.2, 0.25) is 11.8 Å². The van der Waals surface area contributed by atoms with Gasteiger partial charge in [0.25, 0.3) is 5.56 Å². The fourth-order valence-electron chi connectivity index (χ4n) is 2.68. The molecule has 0 aromatic carbocycles. The molecule has 0 amide bonds. The number of allylic oxidation sites excluding steroid dienone is 1. The van der Waals surface area contributed by atoms with Gasteiger partial charge >= 0.3 is 0 Å². The zero-order chi connectivity index (χ0) is 19.0. The molecule has 27 heavy (non-hydrogen) atoms. The van der Waals surface area contributed by atoms with E-state index in [0.717, 1.165) is 15.3 Å². The maximum absolute atomic E-state index is 13.3. The van der Waals surface area contributed by atoms with Crippen LogP contribution in [-0.2, 0) is 6.54 Å². The van der Waals surface area contributed by atoms with Crippen LogP contribution in [-0.4, -0.2) is 19.7 Å². The first-order valence-electron chi connectivity index (χ1n) is 8.22. The van der Waals surface area contributed by atoms with Crippen molar-refractivity contribution >= 4 is 44.7 Å². The quantitative estimate of drug-likeness (QED) is 0.252. The topological polar surface area (TPSA) is 73.8 Å². The minimum Gasteiger partial charge on any atom is -0.424 e. The molecule has 0 radical (unpaired) electrons. The Balaban J connectivity index is 1.82. The molecule has 6 nitrogen and oxygen atoms in total. The van der Waals surface area contributed by atoms with E-state index in [9.17, 15) is 4.79 Å². The third-order valence-corrected chi connectivity index (χ3v) is 6.78. The Morgan fingerprint density at radius 2 is 2.26 bits per heavy atom. The molecule has 0 aliphatic rings. The molecule has 0 aliphatic heterocycles. The lowest BCUT2D eigenvalue weighted by Gasteiger charge is -2.12. The smallest absolute Gasteiger partial charge is 0.263 e. The monoisotopic (exact) mass is 416 g/mol. The van der Waals surface area contributed by atoms with E-state index in [4.69, 9.17) is 9.40 Å².